The van der Waals surface area contributed by atoms with E-state index in [4.69, 9.17) is 9.84 Å². The normalized spacial score (nSPS) is 37.6. The molecular formula is C17H24O4. The van der Waals surface area contributed by atoms with E-state index in [1.165, 1.54) is 32.1 Å². The predicted molar refractivity (Wildman–Crippen MR) is 77.6 cm³/mol. The zero-order valence-electron chi connectivity index (χ0n) is 12.6. The summed E-state index contributed by atoms with van der Waals surface area (Å²) >= 11 is 0. The summed E-state index contributed by atoms with van der Waals surface area (Å²) in [5.41, 5.74) is 0.546. The third-order valence-corrected chi connectivity index (χ3v) is 5.51. The van der Waals surface area contributed by atoms with Crippen LogP contribution in [0.1, 0.15) is 51.9 Å². The highest BCUT2D eigenvalue weighted by Crippen LogP contribution is 2.54. The van der Waals surface area contributed by atoms with Crippen LogP contribution in [0.4, 0.5) is 0 Å². The molecule has 116 valence electrons. The van der Waals surface area contributed by atoms with E-state index in [1.807, 2.05) is 0 Å². The smallest absolute Gasteiger partial charge is 0.333 e. The molecule has 4 fully saturated rings. The van der Waals surface area contributed by atoms with E-state index in [9.17, 15) is 9.59 Å². The first-order valence-corrected chi connectivity index (χ1v) is 8.12. The van der Waals surface area contributed by atoms with Crippen LogP contribution in [0, 0.1) is 23.7 Å². The van der Waals surface area contributed by atoms with Crippen molar-refractivity contribution in [3.8, 4) is 0 Å². The Kier molecular flexibility index (Phi) is 4.05. The van der Waals surface area contributed by atoms with Crippen molar-refractivity contribution >= 4 is 11.9 Å². The van der Waals surface area contributed by atoms with Crippen molar-refractivity contribution in [3.63, 3.8) is 0 Å². The van der Waals surface area contributed by atoms with Crippen molar-refractivity contribution in [2.24, 2.45) is 23.7 Å². The van der Waals surface area contributed by atoms with Gasteiger partial charge in [-0.1, -0.05) is 6.08 Å². The Morgan fingerprint density at radius 2 is 1.67 bits per heavy atom. The van der Waals surface area contributed by atoms with E-state index in [0.29, 0.717) is 23.8 Å². The van der Waals surface area contributed by atoms with Crippen LogP contribution in [0.15, 0.2) is 11.6 Å². The molecule has 4 aliphatic rings. The fourth-order valence-electron chi connectivity index (χ4n) is 4.78. The topological polar surface area (TPSA) is 63.6 Å². The summed E-state index contributed by atoms with van der Waals surface area (Å²) in [7, 11) is 0. The maximum absolute atomic E-state index is 12.2. The zero-order valence-corrected chi connectivity index (χ0v) is 12.6. The Hall–Kier alpha value is -1.32. The highest BCUT2D eigenvalue weighted by molar-refractivity contribution is 5.88. The van der Waals surface area contributed by atoms with E-state index in [0.717, 1.165) is 11.8 Å². The van der Waals surface area contributed by atoms with E-state index < -0.39 is 5.97 Å². The van der Waals surface area contributed by atoms with Crippen molar-refractivity contribution in [2.75, 3.05) is 0 Å². The van der Waals surface area contributed by atoms with Gasteiger partial charge in [-0.15, -0.1) is 0 Å². The quantitative estimate of drug-likeness (QED) is 0.624. The lowest BCUT2D eigenvalue weighted by atomic mass is 9.55. The number of esters is 1. The van der Waals surface area contributed by atoms with Crippen molar-refractivity contribution in [3.05, 3.63) is 11.6 Å². The third-order valence-electron chi connectivity index (χ3n) is 5.51. The van der Waals surface area contributed by atoms with Crippen molar-refractivity contribution in [1.29, 1.82) is 0 Å². The van der Waals surface area contributed by atoms with Crippen LogP contribution in [0.3, 0.4) is 0 Å². The van der Waals surface area contributed by atoms with Gasteiger partial charge in [0.25, 0.3) is 0 Å². The Bertz CT molecular complexity index is 437. The first kappa shape index (κ1) is 14.6. The molecule has 4 aliphatic carbocycles. The van der Waals surface area contributed by atoms with E-state index in [-0.39, 0.29) is 18.5 Å². The van der Waals surface area contributed by atoms with Crippen molar-refractivity contribution < 1.29 is 19.4 Å². The summed E-state index contributed by atoms with van der Waals surface area (Å²) in [4.78, 5) is 22.7. The molecule has 0 aromatic carbocycles. The molecule has 0 aromatic rings. The number of allylic oxidation sites excluding steroid dienone is 1. The predicted octanol–water partition coefficient (Wildman–Crippen LogP) is 3.17. The van der Waals surface area contributed by atoms with Gasteiger partial charge < -0.3 is 9.84 Å². The van der Waals surface area contributed by atoms with Gasteiger partial charge in [-0.3, -0.25) is 4.79 Å². The van der Waals surface area contributed by atoms with Crippen LogP contribution in [0.5, 0.6) is 0 Å². The van der Waals surface area contributed by atoms with Crippen LogP contribution in [-0.4, -0.2) is 23.1 Å². The molecule has 4 heteroatoms. The first-order valence-electron chi connectivity index (χ1n) is 8.12. The second-order valence-electron chi connectivity index (χ2n) is 7.12. The summed E-state index contributed by atoms with van der Waals surface area (Å²) in [5.74, 6) is 1.78. The summed E-state index contributed by atoms with van der Waals surface area (Å²) in [6.45, 7) is 1.72. The zero-order chi connectivity index (χ0) is 15.0. The van der Waals surface area contributed by atoms with Gasteiger partial charge in [0.2, 0.25) is 0 Å². The largest absolute Gasteiger partial charge is 0.481 e. The standard InChI is InChI=1S/C17H24O4/c1-10(3-2-4-15(18)19)17(20)21-16-13-6-11-5-12(8-13)9-14(16)7-11/h3,11-14,16H,2,4-9H2,1H3,(H,18,19). The minimum atomic E-state index is -0.839. The molecule has 0 spiro atoms. The molecule has 4 bridgehead atoms. The molecule has 0 radical (unpaired) electrons. The van der Waals surface area contributed by atoms with E-state index >= 15 is 0 Å². The number of hydrogen-bond acceptors (Lipinski definition) is 3. The second kappa shape index (κ2) is 5.82. The Labute approximate surface area is 125 Å². The summed E-state index contributed by atoms with van der Waals surface area (Å²) in [6.07, 6.45) is 8.54. The Morgan fingerprint density at radius 1 is 1.10 bits per heavy atom. The van der Waals surface area contributed by atoms with Gasteiger partial charge in [-0.2, -0.15) is 0 Å². The number of carboxylic acids is 1. The highest BCUT2D eigenvalue weighted by Gasteiger charge is 2.49. The highest BCUT2D eigenvalue weighted by atomic mass is 16.5. The number of rotatable bonds is 5. The minimum absolute atomic E-state index is 0.0582. The fourth-order valence-corrected chi connectivity index (χ4v) is 4.78. The van der Waals surface area contributed by atoms with E-state index in [1.54, 1.807) is 13.0 Å². The van der Waals surface area contributed by atoms with Crippen molar-refractivity contribution in [1.82, 2.24) is 0 Å². The maximum atomic E-state index is 12.2. The van der Waals surface area contributed by atoms with Crippen LogP contribution < -0.4 is 0 Å². The number of aliphatic carboxylic acids is 1. The SMILES string of the molecule is CC(=CCCC(=O)O)C(=O)OC1C2CC3CC(C2)CC1C3. The molecule has 0 atom stereocenters. The number of carbonyl (C=O) groups excluding carboxylic acids is 1. The molecule has 0 aromatic heterocycles. The molecule has 0 amide bonds. The van der Waals surface area contributed by atoms with Gasteiger partial charge >= 0.3 is 11.9 Å². The third kappa shape index (κ3) is 3.14. The molecule has 0 aliphatic heterocycles. The second-order valence-corrected chi connectivity index (χ2v) is 7.12. The average Bonchev–Trinajstić information content (AvgIpc) is 2.41. The van der Waals surface area contributed by atoms with Crippen LogP contribution >= 0.6 is 0 Å². The lowest BCUT2D eigenvalue weighted by molar-refractivity contribution is -0.166. The average molecular weight is 292 g/mol. The molecule has 0 heterocycles. The molecular weight excluding hydrogens is 268 g/mol. The van der Waals surface area contributed by atoms with Crippen LogP contribution in [0.2, 0.25) is 0 Å². The van der Waals surface area contributed by atoms with Gasteiger partial charge in [0.1, 0.15) is 6.10 Å². The van der Waals surface area contributed by atoms with E-state index in [2.05, 4.69) is 0 Å². The van der Waals surface area contributed by atoms with Gasteiger partial charge in [0.05, 0.1) is 0 Å². The Morgan fingerprint density at radius 3 is 2.19 bits per heavy atom. The summed E-state index contributed by atoms with van der Waals surface area (Å²) < 4.78 is 5.79. The lowest BCUT2D eigenvalue weighted by Gasteiger charge is -2.53. The number of hydrogen-bond donors (Lipinski definition) is 1. The Balaban J connectivity index is 1.56. The molecule has 4 saturated carbocycles. The lowest BCUT2D eigenvalue weighted by Crippen LogP contribution is -2.50. The first-order chi connectivity index (χ1) is 10.0. The fraction of sp³-hybridized carbons (Fsp3) is 0.765. The molecule has 0 saturated heterocycles. The molecule has 1 N–H and O–H groups in total. The molecule has 0 unspecified atom stereocenters. The number of carbonyl (C=O) groups is 2. The minimum Gasteiger partial charge on any atom is -0.481 e. The molecule has 4 nitrogen and oxygen atoms in total. The van der Waals surface area contributed by atoms with Gasteiger partial charge in [-0.25, -0.2) is 4.79 Å². The number of ether oxygens (including phenoxy) is 1. The summed E-state index contributed by atoms with van der Waals surface area (Å²) in [6, 6.07) is 0. The maximum Gasteiger partial charge on any atom is 0.333 e. The molecule has 4 rings (SSSR count). The van der Waals surface area contributed by atoms with Gasteiger partial charge in [0.15, 0.2) is 0 Å². The summed E-state index contributed by atoms with van der Waals surface area (Å²) in [5, 5.41) is 8.62. The monoisotopic (exact) mass is 292 g/mol. The van der Waals surface area contributed by atoms with Crippen molar-refractivity contribution in [2.45, 2.75) is 58.0 Å². The van der Waals surface area contributed by atoms with Crippen LogP contribution in [-0.2, 0) is 14.3 Å². The van der Waals surface area contributed by atoms with Gasteiger partial charge in [-0.05, 0) is 69.1 Å². The molecule has 21 heavy (non-hydrogen) atoms. The van der Waals surface area contributed by atoms with Gasteiger partial charge in [0, 0.05) is 12.0 Å². The van der Waals surface area contributed by atoms with Crippen LogP contribution in [0.25, 0.3) is 0 Å². The number of carboxylic acid groups (broad SMARTS) is 1.